The van der Waals surface area contributed by atoms with Crippen molar-refractivity contribution in [3.8, 4) is 0 Å². The first-order valence-electron chi connectivity index (χ1n) is 9.80. The Hall–Kier alpha value is -0.160. The molecule has 1 fully saturated rings. The summed E-state index contributed by atoms with van der Waals surface area (Å²) in [5.41, 5.74) is 0.549. The Morgan fingerprint density at radius 2 is 1.29 bits per heavy atom. The van der Waals surface area contributed by atoms with Crippen LogP contribution in [0.15, 0.2) is 0 Å². The molecule has 1 rings (SSSR count). The summed E-state index contributed by atoms with van der Waals surface area (Å²) >= 11 is 0. The van der Waals surface area contributed by atoms with Crippen LogP contribution in [-0.4, -0.2) is 71.7 Å². The summed E-state index contributed by atoms with van der Waals surface area (Å²) in [4.78, 5) is 5.25. The van der Waals surface area contributed by atoms with Crippen molar-refractivity contribution in [2.24, 2.45) is 0 Å². The zero-order valence-electron chi connectivity index (χ0n) is 17.9. The lowest BCUT2D eigenvalue weighted by Gasteiger charge is -2.42. The molecule has 1 heterocycles. The zero-order chi connectivity index (χ0) is 18.6. The van der Waals surface area contributed by atoms with Gasteiger partial charge < -0.3 is 15.5 Å². The van der Waals surface area contributed by atoms with E-state index in [0.29, 0.717) is 6.04 Å². The lowest BCUT2D eigenvalue weighted by molar-refractivity contribution is 0.0948. The molecule has 1 aliphatic heterocycles. The number of nitrogens with one attached hydrogen (secondary N) is 2. The summed E-state index contributed by atoms with van der Waals surface area (Å²) in [6, 6.07) is 0.550. The highest BCUT2D eigenvalue weighted by atomic mass is 15.3. The predicted molar refractivity (Wildman–Crippen MR) is 107 cm³/mol. The summed E-state index contributed by atoms with van der Waals surface area (Å²) in [5.74, 6) is 0. The minimum Gasteiger partial charge on any atom is -0.310 e. The van der Waals surface area contributed by atoms with E-state index in [2.05, 4.69) is 82.7 Å². The van der Waals surface area contributed by atoms with Crippen molar-refractivity contribution in [1.29, 1.82) is 0 Å². The molecule has 4 heteroatoms. The molecule has 2 N–H and O–H groups in total. The molecule has 0 bridgehead atoms. The maximum Gasteiger partial charge on any atom is 0.0256 e. The van der Waals surface area contributed by atoms with Crippen LogP contribution in [-0.2, 0) is 0 Å². The second kappa shape index (κ2) is 8.48. The highest BCUT2D eigenvalue weighted by Gasteiger charge is 2.28. The predicted octanol–water partition coefficient (Wildman–Crippen LogP) is 2.94. The fraction of sp³-hybridized carbons (Fsp3) is 1.00. The third-order valence-corrected chi connectivity index (χ3v) is 4.53. The first-order valence-corrected chi connectivity index (χ1v) is 9.80. The third-order valence-electron chi connectivity index (χ3n) is 4.53. The molecule has 0 aromatic rings. The van der Waals surface area contributed by atoms with Crippen LogP contribution in [0.4, 0.5) is 0 Å². The SMILES string of the molecule is CC(C)NC(C)(C)CCN1CCN(CC(C)(C)NC(C)(C)C)CC1. The Labute approximate surface area is 151 Å². The highest BCUT2D eigenvalue weighted by molar-refractivity contribution is 4.90. The summed E-state index contributed by atoms with van der Waals surface area (Å²) in [5, 5.41) is 7.43. The van der Waals surface area contributed by atoms with E-state index >= 15 is 0 Å². The van der Waals surface area contributed by atoms with Crippen LogP contribution >= 0.6 is 0 Å². The van der Waals surface area contributed by atoms with Gasteiger partial charge in [-0.2, -0.15) is 0 Å². The van der Waals surface area contributed by atoms with E-state index in [9.17, 15) is 0 Å². The second-order valence-corrected chi connectivity index (χ2v) is 10.3. The van der Waals surface area contributed by atoms with Gasteiger partial charge in [-0.3, -0.25) is 4.90 Å². The lowest BCUT2D eigenvalue weighted by atomic mass is 9.97. The van der Waals surface area contributed by atoms with Gasteiger partial charge in [-0.15, -0.1) is 0 Å². The molecule has 24 heavy (non-hydrogen) atoms. The van der Waals surface area contributed by atoms with Crippen LogP contribution in [0, 0.1) is 0 Å². The van der Waals surface area contributed by atoms with E-state index < -0.39 is 0 Å². The Bertz CT molecular complexity index is 360. The molecule has 0 unspecified atom stereocenters. The molecule has 1 saturated heterocycles. The zero-order valence-corrected chi connectivity index (χ0v) is 17.9. The van der Waals surface area contributed by atoms with Crippen LogP contribution in [0.25, 0.3) is 0 Å². The van der Waals surface area contributed by atoms with Crippen molar-refractivity contribution in [3.05, 3.63) is 0 Å². The minimum atomic E-state index is 0.156. The monoisotopic (exact) mass is 340 g/mol. The van der Waals surface area contributed by atoms with E-state index in [1.54, 1.807) is 0 Å². The van der Waals surface area contributed by atoms with Crippen LogP contribution in [0.2, 0.25) is 0 Å². The number of hydrogen-bond acceptors (Lipinski definition) is 4. The standard InChI is InChI=1S/C20H44N4/c1-17(2)21-19(6,7)10-11-23-12-14-24(15-13-23)16-20(8,9)22-18(3,4)5/h17,21-22H,10-16H2,1-9H3. The van der Waals surface area contributed by atoms with Crippen molar-refractivity contribution in [3.63, 3.8) is 0 Å². The van der Waals surface area contributed by atoms with Gasteiger partial charge in [0.05, 0.1) is 0 Å². The topological polar surface area (TPSA) is 30.5 Å². The molecular weight excluding hydrogens is 296 g/mol. The molecule has 0 aromatic heterocycles. The van der Waals surface area contributed by atoms with Crippen molar-refractivity contribution >= 4 is 0 Å². The molecule has 0 saturated carbocycles. The largest absolute Gasteiger partial charge is 0.310 e. The molecule has 0 aliphatic carbocycles. The van der Waals surface area contributed by atoms with E-state index in [1.807, 2.05) is 0 Å². The molecule has 144 valence electrons. The summed E-state index contributed by atoms with van der Waals surface area (Å²) in [7, 11) is 0. The van der Waals surface area contributed by atoms with Gasteiger partial charge in [-0.25, -0.2) is 0 Å². The van der Waals surface area contributed by atoms with Crippen LogP contribution in [0.5, 0.6) is 0 Å². The average molecular weight is 341 g/mol. The summed E-state index contributed by atoms with van der Waals surface area (Å²) < 4.78 is 0. The van der Waals surface area contributed by atoms with Crippen molar-refractivity contribution in [2.75, 3.05) is 39.3 Å². The first kappa shape index (κ1) is 21.9. The molecule has 0 aromatic carbocycles. The number of nitrogens with zero attached hydrogens (tertiary/aromatic N) is 2. The third kappa shape index (κ3) is 9.36. The Morgan fingerprint density at radius 1 is 0.792 bits per heavy atom. The van der Waals surface area contributed by atoms with E-state index in [1.165, 1.54) is 39.1 Å². The van der Waals surface area contributed by atoms with Crippen molar-refractivity contribution in [1.82, 2.24) is 20.4 Å². The molecule has 0 radical (unpaired) electrons. The fourth-order valence-electron chi connectivity index (χ4n) is 4.08. The summed E-state index contributed by atoms with van der Waals surface area (Å²) in [6.07, 6.45) is 1.21. The van der Waals surface area contributed by atoms with Gasteiger partial charge in [0, 0.05) is 55.4 Å². The molecule has 0 atom stereocenters. The van der Waals surface area contributed by atoms with Gasteiger partial charge in [-0.1, -0.05) is 13.8 Å². The maximum absolute atomic E-state index is 3.75. The number of rotatable bonds is 8. The molecule has 0 amide bonds. The van der Waals surface area contributed by atoms with E-state index in [-0.39, 0.29) is 16.6 Å². The van der Waals surface area contributed by atoms with Crippen LogP contribution < -0.4 is 10.6 Å². The van der Waals surface area contributed by atoms with E-state index in [0.717, 1.165) is 6.54 Å². The quantitative estimate of drug-likeness (QED) is 0.711. The average Bonchev–Trinajstić information content (AvgIpc) is 2.33. The normalized spacial score (nSPS) is 19.2. The smallest absolute Gasteiger partial charge is 0.0256 e. The number of piperazine rings is 1. The Morgan fingerprint density at radius 3 is 1.75 bits per heavy atom. The highest BCUT2D eigenvalue weighted by Crippen LogP contribution is 2.15. The number of hydrogen-bond donors (Lipinski definition) is 2. The van der Waals surface area contributed by atoms with Gasteiger partial charge in [0.25, 0.3) is 0 Å². The molecule has 0 spiro atoms. The van der Waals surface area contributed by atoms with Gasteiger partial charge in [0.2, 0.25) is 0 Å². The minimum absolute atomic E-state index is 0.156. The van der Waals surface area contributed by atoms with E-state index in [4.69, 9.17) is 0 Å². The Kier molecular flexibility index (Phi) is 7.73. The Balaban J connectivity index is 2.34. The van der Waals surface area contributed by atoms with Gasteiger partial charge in [0.1, 0.15) is 0 Å². The maximum atomic E-state index is 3.75. The first-order chi connectivity index (χ1) is 10.8. The van der Waals surface area contributed by atoms with Crippen LogP contribution in [0.3, 0.4) is 0 Å². The van der Waals surface area contributed by atoms with Crippen molar-refractivity contribution in [2.45, 2.75) is 91.4 Å². The van der Waals surface area contributed by atoms with Gasteiger partial charge >= 0.3 is 0 Å². The van der Waals surface area contributed by atoms with Gasteiger partial charge in [-0.05, 0) is 61.4 Å². The molecule has 1 aliphatic rings. The molecular formula is C20H44N4. The second-order valence-electron chi connectivity index (χ2n) is 10.3. The van der Waals surface area contributed by atoms with Crippen molar-refractivity contribution < 1.29 is 0 Å². The van der Waals surface area contributed by atoms with Gasteiger partial charge in [0.15, 0.2) is 0 Å². The lowest BCUT2D eigenvalue weighted by Crippen LogP contribution is -2.58. The molecule has 4 nitrogen and oxygen atoms in total. The van der Waals surface area contributed by atoms with Crippen LogP contribution in [0.1, 0.15) is 68.7 Å². The fourth-order valence-corrected chi connectivity index (χ4v) is 4.08. The summed E-state index contributed by atoms with van der Waals surface area (Å²) in [6.45, 7) is 27.6.